The van der Waals surface area contributed by atoms with Gasteiger partial charge in [-0.3, -0.25) is 14.5 Å². The number of aromatic nitrogens is 3. The number of carbonyl (C=O) groups is 1. The number of carbonyl (C=O) groups excluding carboxylic acids is 1. The maximum absolute atomic E-state index is 11.4. The second-order valence-electron chi connectivity index (χ2n) is 2.96. The Morgan fingerprint density at radius 3 is 2.93 bits per heavy atom. The molecule has 2 N–H and O–H groups in total. The fraction of sp³-hybridized carbons (Fsp3) is 0.625. The van der Waals surface area contributed by atoms with E-state index >= 15 is 0 Å². The van der Waals surface area contributed by atoms with Crippen LogP contribution in [0.1, 0.15) is 25.7 Å². The van der Waals surface area contributed by atoms with Crippen LogP contribution < -0.4 is 5.32 Å². The summed E-state index contributed by atoms with van der Waals surface area (Å²) in [6.45, 7) is 3.77. The molecule has 1 aromatic rings. The highest BCUT2D eigenvalue weighted by Gasteiger charge is 2.17. The molecule has 1 atom stereocenters. The summed E-state index contributed by atoms with van der Waals surface area (Å²) in [6.07, 6.45) is 0.745. The highest BCUT2D eigenvalue weighted by Crippen LogP contribution is 2.09. The van der Waals surface area contributed by atoms with Crippen LogP contribution in [0.3, 0.4) is 0 Å². The normalized spacial score (nSPS) is 12.5. The Bertz CT molecular complexity index is 381. The van der Waals surface area contributed by atoms with Crippen LogP contribution in [0.25, 0.3) is 0 Å². The van der Waals surface area contributed by atoms with Crippen LogP contribution in [0.2, 0.25) is 0 Å². The van der Waals surface area contributed by atoms with E-state index in [9.17, 15) is 4.79 Å². The second kappa shape index (κ2) is 4.36. The van der Waals surface area contributed by atoms with Crippen molar-refractivity contribution in [1.29, 1.82) is 0 Å². The number of H-pyrrole nitrogens is 1. The number of hydrogen-bond donors (Lipinski definition) is 2. The van der Waals surface area contributed by atoms with E-state index < -0.39 is 0 Å². The van der Waals surface area contributed by atoms with Crippen LogP contribution >= 0.6 is 12.2 Å². The van der Waals surface area contributed by atoms with Crippen molar-refractivity contribution in [3.8, 4) is 0 Å². The van der Waals surface area contributed by atoms with Crippen LogP contribution in [0.4, 0.5) is 0 Å². The number of amides is 1. The van der Waals surface area contributed by atoms with Crippen molar-refractivity contribution >= 4 is 18.1 Å². The third kappa shape index (κ3) is 1.84. The minimum absolute atomic E-state index is 0.0720. The Balaban J connectivity index is 3.10. The zero-order valence-corrected chi connectivity index (χ0v) is 9.31. The largest absolute Gasteiger partial charge is 0.357 e. The van der Waals surface area contributed by atoms with Gasteiger partial charge in [-0.15, -0.1) is 0 Å². The molecule has 0 aromatic carbocycles. The van der Waals surface area contributed by atoms with E-state index in [-0.39, 0.29) is 11.9 Å². The number of nitrogens with zero attached hydrogens (tertiary/aromatic N) is 2. The summed E-state index contributed by atoms with van der Waals surface area (Å²) in [6, 6.07) is -0.318. The smallest absolute Gasteiger partial charge is 0.242 e. The lowest BCUT2D eigenvalue weighted by Gasteiger charge is -2.12. The Hall–Kier alpha value is -1.17. The molecule has 0 aliphatic carbocycles. The van der Waals surface area contributed by atoms with Crippen molar-refractivity contribution in [1.82, 2.24) is 20.1 Å². The Morgan fingerprint density at radius 2 is 2.43 bits per heavy atom. The topological polar surface area (TPSA) is 62.7 Å². The molecule has 0 aliphatic heterocycles. The van der Waals surface area contributed by atoms with Crippen LogP contribution in [-0.4, -0.2) is 27.7 Å². The van der Waals surface area contributed by atoms with Crippen molar-refractivity contribution in [2.75, 3.05) is 7.05 Å². The van der Waals surface area contributed by atoms with Gasteiger partial charge in [0.05, 0.1) is 0 Å². The third-order valence-corrected chi connectivity index (χ3v) is 2.39. The SMILES string of the molecule is CCc1n[nH]c(=S)n1C(C)C(=O)NC. The monoisotopic (exact) mass is 214 g/mol. The molecule has 14 heavy (non-hydrogen) atoms. The number of rotatable bonds is 3. The third-order valence-electron chi connectivity index (χ3n) is 2.11. The molecule has 78 valence electrons. The van der Waals surface area contributed by atoms with Gasteiger partial charge >= 0.3 is 0 Å². The fourth-order valence-corrected chi connectivity index (χ4v) is 1.62. The van der Waals surface area contributed by atoms with Gasteiger partial charge < -0.3 is 5.32 Å². The molecule has 1 aromatic heterocycles. The maximum Gasteiger partial charge on any atom is 0.242 e. The summed E-state index contributed by atoms with van der Waals surface area (Å²) in [5, 5.41) is 9.31. The van der Waals surface area contributed by atoms with E-state index in [1.807, 2.05) is 6.92 Å². The molecule has 0 saturated carbocycles. The predicted octanol–water partition coefficient (Wildman–Crippen LogP) is 0.810. The van der Waals surface area contributed by atoms with E-state index in [0.29, 0.717) is 4.77 Å². The van der Waals surface area contributed by atoms with Crippen LogP contribution in [-0.2, 0) is 11.2 Å². The number of nitrogens with one attached hydrogen (secondary N) is 2. The lowest BCUT2D eigenvalue weighted by Crippen LogP contribution is -2.28. The molecule has 1 amide bonds. The van der Waals surface area contributed by atoms with Crippen molar-refractivity contribution in [3.63, 3.8) is 0 Å². The minimum atomic E-state index is -0.318. The Kier molecular flexibility index (Phi) is 3.40. The van der Waals surface area contributed by atoms with Crippen LogP contribution in [0.5, 0.6) is 0 Å². The van der Waals surface area contributed by atoms with E-state index in [1.165, 1.54) is 0 Å². The first kappa shape index (κ1) is 10.9. The second-order valence-corrected chi connectivity index (χ2v) is 3.35. The number of aromatic amines is 1. The van der Waals surface area contributed by atoms with Gasteiger partial charge in [0.1, 0.15) is 11.9 Å². The Morgan fingerprint density at radius 1 is 1.79 bits per heavy atom. The number of aryl methyl sites for hydroxylation is 1. The van der Waals surface area contributed by atoms with Gasteiger partial charge in [-0.25, -0.2) is 0 Å². The standard InChI is InChI=1S/C8H14N4OS/c1-4-6-10-11-8(14)12(6)5(2)7(13)9-3/h5H,4H2,1-3H3,(H,9,13)(H,11,14). The first-order chi connectivity index (χ1) is 6.61. The summed E-state index contributed by atoms with van der Waals surface area (Å²) in [5.74, 6) is 0.725. The molecule has 1 unspecified atom stereocenters. The van der Waals surface area contributed by atoms with Gasteiger partial charge in [0.25, 0.3) is 0 Å². The van der Waals surface area contributed by atoms with Gasteiger partial charge in [0.2, 0.25) is 5.91 Å². The average Bonchev–Trinajstić information content (AvgIpc) is 2.57. The van der Waals surface area contributed by atoms with Crippen molar-refractivity contribution in [2.24, 2.45) is 0 Å². The molecular weight excluding hydrogens is 200 g/mol. The van der Waals surface area contributed by atoms with Crippen LogP contribution in [0.15, 0.2) is 0 Å². The number of likely N-dealkylation sites (N-methyl/N-ethyl adjacent to an activating group) is 1. The van der Waals surface area contributed by atoms with E-state index in [4.69, 9.17) is 12.2 Å². The average molecular weight is 214 g/mol. The molecule has 0 saturated heterocycles. The quantitative estimate of drug-likeness (QED) is 0.732. The number of hydrogen-bond acceptors (Lipinski definition) is 3. The van der Waals surface area contributed by atoms with E-state index in [0.717, 1.165) is 12.2 Å². The summed E-state index contributed by atoms with van der Waals surface area (Å²) in [7, 11) is 1.61. The van der Waals surface area contributed by atoms with Gasteiger partial charge in [-0.2, -0.15) is 5.10 Å². The molecule has 1 heterocycles. The van der Waals surface area contributed by atoms with Gasteiger partial charge in [0, 0.05) is 13.5 Å². The van der Waals surface area contributed by atoms with Crippen molar-refractivity contribution in [2.45, 2.75) is 26.3 Å². The summed E-state index contributed by atoms with van der Waals surface area (Å²) >= 11 is 5.05. The first-order valence-electron chi connectivity index (χ1n) is 4.49. The Labute approximate surface area is 87.5 Å². The molecule has 0 radical (unpaired) electrons. The van der Waals surface area contributed by atoms with Gasteiger partial charge in [-0.05, 0) is 19.1 Å². The van der Waals surface area contributed by atoms with Crippen molar-refractivity contribution < 1.29 is 4.79 Å². The summed E-state index contributed by atoms with van der Waals surface area (Å²) < 4.78 is 2.21. The highest BCUT2D eigenvalue weighted by molar-refractivity contribution is 7.71. The minimum Gasteiger partial charge on any atom is -0.357 e. The molecule has 6 heteroatoms. The summed E-state index contributed by atoms with van der Waals surface area (Å²) in [4.78, 5) is 11.4. The zero-order valence-electron chi connectivity index (χ0n) is 8.50. The highest BCUT2D eigenvalue weighted by atomic mass is 32.1. The molecule has 0 bridgehead atoms. The fourth-order valence-electron chi connectivity index (χ4n) is 1.31. The lowest BCUT2D eigenvalue weighted by atomic mass is 10.3. The molecule has 1 rings (SSSR count). The van der Waals surface area contributed by atoms with Gasteiger partial charge in [-0.1, -0.05) is 6.92 Å². The lowest BCUT2D eigenvalue weighted by molar-refractivity contribution is -0.123. The zero-order chi connectivity index (χ0) is 10.7. The van der Waals surface area contributed by atoms with E-state index in [1.54, 1.807) is 18.5 Å². The molecular formula is C8H14N4OS. The molecule has 0 fully saturated rings. The van der Waals surface area contributed by atoms with Crippen LogP contribution in [0, 0.1) is 4.77 Å². The van der Waals surface area contributed by atoms with E-state index in [2.05, 4.69) is 15.5 Å². The molecule has 0 spiro atoms. The first-order valence-corrected chi connectivity index (χ1v) is 4.90. The summed E-state index contributed by atoms with van der Waals surface area (Å²) in [5.41, 5.74) is 0. The predicted molar refractivity (Wildman–Crippen MR) is 55.6 cm³/mol. The molecule has 0 aliphatic rings. The van der Waals surface area contributed by atoms with Crippen molar-refractivity contribution in [3.05, 3.63) is 10.6 Å². The maximum atomic E-state index is 11.4. The van der Waals surface area contributed by atoms with Gasteiger partial charge in [0.15, 0.2) is 4.77 Å². The molecule has 5 nitrogen and oxygen atoms in total.